The molecule has 0 aliphatic rings. The van der Waals surface area contributed by atoms with Gasteiger partial charge in [0.05, 0.1) is 11.0 Å². The van der Waals surface area contributed by atoms with Gasteiger partial charge in [0, 0.05) is 26.1 Å². The summed E-state index contributed by atoms with van der Waals surface area (Å²) in [5.74, 6) is 1.16. The summed E-state index contributed by atoms with van der Waals surface area (Å²) in [6.45, 7) is 2.80. The van der Waals surface area contributed by atoms with E-state index in [1.54, 1.807) is 0 Å². The summed E-state index contributed by atoms with van der Waals surface area (Å²) in [6, 6.07) is 6.74. The van der Waals surface area contributed by atoms with Gasteiger partial charge in [0.15, 0.2) is 0 Å². The number of aryl methyl sites for hydroxylation is 2. The monoisotopic (exact) mass is 260 g/mol. The number of fused-ring (bicyclic) bond motifs is 1. The van der Waals surface area contributed by atoms with Crippen molar-refractivity contribution in [3.63, 3.8) is 0 Å². The topological polar surface area (TPSA) is 47.1 Å². The van der Waals surface area contributed by atoms with Gasteiger partial charge in [-0.2, -0.15) is 0 Å². The molecule has 0 amide bonds. The highest BCUT2D eigenvalue weighted by Crippen LogP contribution is 2.23. The Morgan fingerprint density at radius 3 is 2.68 bits per heavy atom. The summed E-state index contributed by atoms with van der Waals surface area (Å²) in [5, 5.41) is 0. The molecule has 1 unspecified atom stereocenters. The maximum Gasteiger partial charge on any atom is 0.109 e. The van der Waals surface area contributed by atoms with Crippen LogP contribution in [0, 0.1) is 0 Å². The van der Waals surface area contributed by atoms with Crippen LogP contribution in [0.1, 0.15) is 30.8 Å². The number of hydrogen-bond donors (Lipinski definition) is 1. The summed E-state index contributed by atoms with van der Waals surface area (Å²) >= 11 is 0. The van der Waals surface area contributed by atoms with Gasteiger partial charge >= 0.3 is 0 Å². The highest BCUT2D eigenvalue weighted by Gasteiger charge is 2.14. The van der Waals surface area contributed by atoms with Gasteiger partial charge in [0.2, 0.25) is 0 Å². The first-order chi connectivity index (χ1) is 9.08. The first-order valence-electron chi connectivity index (χ1n) is 6.90. The minimum absolute atomic E-state index is 0.251. The molecule has 0 radical (unpaired) electrons. The van der Waals surface area contributed by atoms with Crippen LogP contribution in [0.3, 0.4) is 0 Å². The third kappa shape index (κ3) is 2.65. The third-order valence-electron chi connectivity index (χ3n) is 3.70. The van der Waals surface area contributed by atoms with Crippen LogP contribution >= 0.6 is 0 Å². The molecule has 2 rings (SSSR count). The van der Waals surface area contributed by atoms with Crippen LogP contribution in [0.5, 0.6) is 0 Å². The zero-order valence-corrected chi connectivity index (χ0v) is 12.3. The summed E-state index contributed by atoms with van der Waals surface area (Å²) in [6.07, 6.45) is 2.14. The molecule has 0 spiro atoms. The van der Waals surface area contributed by atoms with E-state index in [-0.39, 0.29) is 6.04 Å². The first-order valence-corrected chi connectivity index (χ1v) is 6.90. The largest absolute Gasteiger partial charge is 0.331 e. The predicted octanol–water partition coefficient (Wildman–Crippen LogP) is 2.09. The van der Waals surface area contributed by atoms with Crippen LogP contribution in [-0.2, 0) is 13.5 Å². The molecule has 104 valence electrons. The molecule has 0 bridgehead atoms. The fraction of sp³-hybridized carbons (Fsp3) is 0.533. The minimum atomic E-state index is 0.251. The van der Waals surface area contributed by atoms with E-state index < -0.39 is 0 Å². The maximum atomic E-state index is 5.87. The summed E-state index contributed by atoms with van der Waals surface area (Å²) in [4.78, 5) is 6.89. The van der Waals surface area contributed by atoms with Crippen LogP contribution in [0.15, 0.2) is 18.2 Å². The van der Waals surface area contributed by atoms with Crippen molar-refractivity contribution >= 4 is 11.0 Å². The molecule has 1 aromatic carbocycles. The molecular formula is C15H24N4. The number of benzene rings is 1. The Bertz CT molecular complexity index is 557. The molecule has 0 fully saturated rings. The van der Waals surface area contributed by atoms with Crippen molar-refractivity contribution < 1.29 is 0 Å². The van der Waals surface area contributed by atoms with Gasteiger partial charge in [-0.25, -0.2) is 4.98 Å². The number of hydrogen-bond acceptors (Lipinski definition) is 3. The van der Waals surface area contributed by atoms with E-state index in [4.69, 9.17) is 10.7 Å². The number of likely N-dealkylation sites (N-methyl/N-ethyl adjacent to an activating group) is 1. The van der Waals surface area contributed by atoms with Gasteiger partial charge in [0.25, 0.3) is 0 Å². The van der Waals surface area contributed by atoms with Crippen molar-refractivity contribution in [3.05, 3.63) is 29.6 Å². The van der Waals surface area contributed by atoms with Crippen LogP contribution in [0.4, 0.5) is 0 Å². The average molecular weight is 260 g/mol. The van der Waals surface area contributed by atoms with Gasteiger partial charge in [-0.1, -0.05) is 13.0 Å². The van der Waals surface area contributed by atoms with E-state index in [0.29, 0.717) is 6.54 Å². The van der Waals surface area contributed by atoms with Crippen molar-refractivity contribution in [2.75, 3.05) is 20.6 Å². The molecule has 2 aromatic rings. The van der Waals surface area contributed by atoms with Crippen molar-refractivity contribution in [2.45, 2.75) is 25.8 Å². The van der Waals surface area contributed by atoms with Crippen LogP contribution in [0.25, 0.3) is 11.0 Å². The lowest BCUT2D eigenvalue weighted by molar-refractivity contribution is 0.306. The number of imidazole rings is 1. The lowest BCUT2D eigenvalue weighted by Gasteiger charge is -2.22. The van der Waals surface area contributed by atoms with Gasteiger partial charge in [0.1, 0.15) is 5.82 Å². The summed E-state index contributed by atoms with van der Waals surface area (Å²) < 4.78 is 2.19. The highest BCUT2D eigenvalue weighted by molar-refractivity contribution is 5.77. The van der Waals surface area contributed by atoms with E-state index in [2.05, 4.69) is 55.7 Å². The molecule has 1 aromatic heterocycles. The molecule has 19 heavy (non-hydrogen) atoms. The molecule has 0 aliphatic heterocycles. The fourth-order valence-electron chi connectivity index (χ4n) is 2.57. The van der Waals surface area contributed by atoms with E-state index in [1.165, 1.54) is 11.1 Å². The lowest BCUT2D eigenvalue weighted by atomic mass is 10.1. The van der Waals surface area contributed by atoms with Crippen molar-refractivity contribution in [1.82, 2.24) is 14.5 Å². The Hall–Kier alpha value is -1.39. The second kappa shape index (κ2) is 5.72. The maximum absolute atomic E-state index is 5.87. The van der Waals surface area contributed by atoms with E-state index in [1.807, 2.05) is 0 Å². The van der Waals surface area contributed by atoms with Crippen molar-refractivity contribution in [3.8, 4) is 0 Å². The minimum Gasteiger partial charge on any atom is -0.331 e. The van der Waals surface area contributed by atoms with Crippen molar-refractivity contribution in [2.24, 2.45) is 12.8 Å². The van der Waals surface area contributed by atoms with Crippen LogP contribution < -0.4 is 5.73 Å². The average Bonchev–Trinajstić information content (AvgIpc) is 2.67. The molecule has 1 atom stereocenters. The number of nitrogens with two attached hydrogens (primary N) is 1. The number of aromatic nitrogens is 2. The van der Waals surface area contributed by atoms with Crippen LogP contribution in [-0.4, -0.2) is 35.1 Å². The Balaban J connectivity index is 2.45. The second-order valence-corrected chi connectivity index (χ2v) is 5.30. The Morgan fingerprint density at radius 2 is 2.11 bits per heavy atom. The molecule has 0 saturated heterocycles. The molecule has 2 N–H and O–H groups in total. The zero-order valence-electron chi connectivity index (χ0n) is 12.3. The highest BCUT2D eigenvalue weighted by atomic mass is 15.1. The molecular weight excluding hydrogens is 236 g/mol. The predicted molar refractivity (Wildman–Crippen MR) is 80.2 cm³/mol. The molecule has 0 aliphatic carbocycles. The quantitative estimate of drug-likeness (QED) is 0.895. The smallest absolute Gasteiger partial charge is 0.109 e. The first kappa shape index (κ1) is 14.0. The SMILES string of the molecule is CCCc1nc2cc(C(CN)N(C)C)ccc2n1C. The standard InChI is InChI=1S/C15H24N4/c1-5-6-15-17-12-9-11(14(10-16)18(2)3)7-8-13(12)19(15)4/h7-9,14H,5-6,10,16H2,1-4H3. The van der Waals surface area contributed by atoms with Crippen LogP contribution in [0.2, 0.25) is 0 Å². The molecule has 4 nitrogen and oxygen atoms in total. The van der Waals surface area contributed by atoms with Gasteiger partial charge in [-0.05, 0) is 38.2 Å². The fourth-order valence-corrected chi connectivity index (χ4v) is 2.57. The van der Waals surface area contributed by atoms with E-state index in [0.717, 1.165) is 24.2 Å². The van der Waals surface area contributed by atoms with Crippen molar-refractivity contribution in [1.29, 1.82) is 0 Å². The molecule has 1 heterocycles. The second-order valence-electron chi connectivity index (χ2n) is 5.30. The molecule has 4 heteroatoms. The van der Waals surface area contributed by atoms with Gasteiger partial charge in [-0.15, -0.1) is 0 Å². The number of nitrogens with zero attached hydrogens (tertiary/aromatic N) is 3. The van der Waals surface area contributed by atoms with E-state index in [9.17, 15) is 0 Å². The normalized spacial score (nSPS) is 13.4. The Kier molecular flexibility index (Phi) is 4.22. The molecule has 0 saturated carbocycles. The third-order valence-corrected chi connectivity index (χ3v) is 3.70. The van der Waals surface area contributed by atoms with Gasteiger partial charge in [-0.3, -0.25) is 0 Å². The van der Waals surface area contributed by atoms with Gasteiger partial charge < -0.3 is 15.2 Å². The zero-order chi connectivity index (χ0) is 14.0. The lowest BCUT2D eigenvalue weighted by Crippen LogP contribution is -2.27. The number of rotatable bonds is 5. The summed E-state index contributed by atoms with van der Waals surface area (Å²) in [7, 11) is 6.21. The Morgan fingerprint density at radius 1 is 1.37 bits per heavy atom. The Labute approximate surface area is 115 Å². The van der Waals surface area contributed by atoms with E-state index >= 15 is 0 Å². The summed E-state index contributed by atoms with van der Waals surface area (Å²) in [5.41, 5.74) is 9.37.